The van der Waals surface area contributed by atoms with E-state index < -0.39 is 58.4 Å². The number of halogens is 1. The summed E-state index contributed by atoms with van der Waals surface area (Å²) in [5.41, 5.74) is -1.92. The quantitative estimate of drug-likeness (QED) is 0.685. The number of hydrogen-bond donors (Lipinski definition) is 2. The van der Waals surface area contributed by atoms with Gasteiger partial charge in [-0.15, -0.1) is 0 Å². The molecule has 1 aromatic rings. The van der Waals surface area contributed by atoms with Gasteiger partial charge in [-0.2, -0.15) is 5.10 Å². The Morgan fingerprint density at radius 1 is 1.29 bits per heavy atom. The molecule has 0 aromatic carbocycles. The van der Waals surface area contributed by atoms with E-state index in [1.165, 1.54) is 0 Å². The van der Waals surface area contributed by atoms with Crippen molar-refractivity contribution in [2.24, 2.45) is 29.7 Å². The summed E-state index contributed by atoms with van der Waals surface area (Å²) in [7, 11) is 1.90. The van der Waals surface area contributed by atoms with E-state index in [4.69, 9.17) is 9.47 Å². The molecule has 1 aromatic heterocycles. The van der Waals surface area contributed by atoms with Gasteiger partial charge in [-0.05, 0) is 63.5 Å². The zero-order chi connectivity index (χ0) is 24.5. The molecule has 186 valence electrons. The van der Waals surface area contributed by atoms with Gasteiger partial charge in [0.15, 0.2) is 17.2 Å². The fraction of sp³-hybridized carbons (Fsp3) is 0.769. The third-order valence-electron chi connectivity index (χ3n) is 10.3. The molecule has 5 aliphatic rings. The summed E-state index contributed by atoms with van der Waals surface area (Å²) in [5.74, 6) is -2.10. The number of hydrogen-bond acceptors (Lipinski definition) is 6. The van der Waals surface area contributed by atoms with Crippen molar-refractivity contribution >= 4 is 11.9 Å². The van der Waals surface area contributed by atoms with Crippen molar-refractivity contribution in [1.82, 2.24) is 9.78 Å². The third-order valence-corrected chi connectivity index (χ3v) is 10.3. The first kappa shape index (κ1) is 22.8. The molecule has 4 fully saturated rings. The minimum atomic E-state index is -1.85. The Labute approximate surface area is 199 Å². The molecule has 3 saturated carbocycles. The topological polar surface area (TPSA) is 93.8 Å². The normalized spacial score (nSPS) is 48.3. The van der Waals surface area contributed by atoms with Gasteiger partial charge in [-0.25, -0.2) is 4.39 Å². The SMILES string of the molecule is Cn1ncc2c1C=C1CC[C@H]3[C@@H]4C[C@H]5OC(C)(C)O[C@@]5(C(=O)CO)[C@@]4(C)C[C@H](O)[C@]3(F)[C@@]1(C)C2. The highest BCUT2D eigenvalue weighted by molar-refractivity contribution is 5.91. The van der Waals surface area contributed by atoms with Crippen molar-refractivity contribution in [3.63, 3.8) is 0 Å². The Morgan fingerprint density at radius 3 is 2.74 bits per heavy atom. The molecule has 34 heavy (non-hydrogen) atoms. The molecule has 0 amide bonds. The van der Waals surface area contributed by atoms with Crippen molar-refractivity contribution in [2.75, 3.05) is 6.61 Å². The molecule has 0 spiro atoms. The predicted octanol–water partition coefficient (Wildman–Crippen LogP) is 2.73. The minimum absolute atomic E-state index is 0.0785. The van der Waals surface area contributed by atoms with Crippen LogP contribution in [0.25, 0.3) is 6.08 Å². The van der Waals surface area contributed by atoms with E-state index in [-0.39, 0.29) is 12.3 Å². The van der Waals surface area contributed by atoms with Crippen LogP contribution in [0.2, 0.25) is 0 Å². The lowest BCUT2D eigenvalue weighted by Crippen LogP contribution is -2.70. The molecule has 7 nitrogen and oxygen atoms in total. The maximum Gasteiger partial charge on any atom is 0.193 e. The maximum atomic E-state index is 17.6. The molecule has 6 rings (SSSR count). The molecule has 2 N–H and O–H groups in total. The van der Waals surface area contributed by atoms with E-state index in [0.717, 1.165) is 23.3 Å². The summed E-state index contributed by atoms with van der Waals surface area (Å²) >= 11 is 0. The number of alkyl halides is 1. The van der Waals surface area contributed by atoms with Crippen LogP contribution in [0.5, 0.6) is 0 Å². The van der Waals surface area contributed by atoms with Gasteiger partial charge in [-0.3, -0.25) is 9.48 Å². The maximum absolute atomic E-state index is 17.6. The summed E-state index contributed by atoms with van der Waals surface area (Å²) in [4.78, 5) is 13.3. The van der Waals surface area contributed by atoms with E-state index >= 15 is 4.39 Å². The Kier molecular flexibility index (Phi) is 4.42. The highest BCUT2D eigenvalue weighted by Crippen LogP contribution is 2.72. The van der Waals surface area contributed by atoms with Crippen LogP contribution in [0.3, 0.4) is 0 Å². The van der Waals surface area contributed by atoms with Gasteiger partial charge < -0.3 is 19.7 Å². The molecule has 1 aliphatic heterocycles. The average molecular weight is 475 g/mol. The standard InChI is InChI=1S/C26H35FN2O5/c1-22(2)33-21-9-17-16-7-6-15-8-18-14(12-28-29(18)5)10-23(15,3)25(16,27)19(31)11-24(17,4)26(21,34-22)20(32)13-30/h8,12,16-17,19,21,30-31H,6-7,9-11,13H2,1-5H3/t16-,17-,19-,21+,23-,24-,25-,26+/m0/s1. The molecule has 4 aliphatic carbocycles. The second-order valence-corrected chi connectivity index (χ2v) is 12.2. The number of aromatic nitrogens is 2. The Morgan fingerprint density at radius 2 is 2.03 bits per heavy atom. The number of rotatable bonds is 2. The van der Waals surface area contributed by atoms with Gasteiger partial charge in [0.1, 0.15) is 12.3 Å². The second-order valence-electron chi connectivity index (χ2n) is 12.2. The first-order chi connectivity index (χ1) is 15.8. The number of carbonyl (C=O) groups is 1. The fourth-order valence-electron chi connectivity index (χ4n) is 8.90. The van der Waals surface area contributed by atoms with Crippen LogP contribution in [0.15, 0.2) is 11.8 Å². The van der Waals surface area contributed by atoms with Crippen LogP contribution in [-0.2, 0) is 27.7 Å². The zero-order valence-electron chi connectivity index (χ0n) is 20.6. The number of ether oxygens (including phenoxy) is 2. The van der Waals surface area contributed by atoms with Crippen LogP contribution >= 0.6 is 0 Å². The molecular weight excluding hydrogens is 439 g/mol. The highest BCUT2D eigenvalue weighted by atomic mass is 19.1. The lowest BCUT2D eigenvalue weighted by Gasteiger charge is -2.63. The van der Waals surface area contributed by atoms with Crippen LogP contribution in [0, 0.1) is 22.7 Å². The molecule has 0 unspecified atom stereocenters. The summed E-state index contributed by atoms with van der Waals surface area (Å²) in [6, 6.07) is 0. The smallest absolute Gasteiger partial charge is 0.193 e. The molecule has 8 heteroatoms. The summed E-state index contributed by atoms with van der Waals surface area (Å²) in [6.07, 6.45) is 4.37. The lowest BCUT2D eigenvalue weighted by atomic mass is 9.43. The number of ketones is 1. The van der Waals surface area contributed by atoms with E-state index in [0.29, 0.717) is 19.3 Å². The first-order valence-corrected chi connectivity index (χ1v) is 12.4. The van der Waals surface area contributed by atoms with Gasteiger partial charge in [0, 0.05) is 23.8 Å². The summed E-state index contributed by atoms with van der Waals surface area (Å²) < 4.78 is 32.0. The second kappa shape index (κ2) is 6.58. The molecular formula is C26H35FN2O5. The van der Waals surface area contributed by atoms with E-state index in [9.17, 15) is 15.0 Å². The number of fused-ring (bicyclic) bond motifs is 8. The largest absolute Gasteiger partial charge is 0.390 e. The van der Waals surface area contributed by atoms with Gasteiger partial charge in [0.2, 0.25) is 0 Å². The molecule has 2 heterocycles. The number of aliphatic hydroxyl groups is 2. The summed E-state index contributed by atoms with van der Waals surface area (Å²) in [6.45, 7) is 6.75. The first-order valence-electron chi connectivity index (χ1n) is 12.4. The van der Waals surface area contributed by atoms with Crippen molar-refractivity contribution in [3.8, 4) is 0 Å². The lowest BCUT2D eigenvalue weighted by molar-refractivity contribution is -0.250. The average Bonchev–Trinajstić information content (AvgIpc) is 3.33. The number of aliphatic hydroxyl groups excluding tert-OH is 2. The highest BCUT2D eigenvalue weighted by Gasteiger charge is 2.80. The molecule has 0 bridgehead atoms. The monoisotopic (exact) mass is 474 g/mol. The zero-order valence-corrected chi connectivity index (χ0v) is 20.6. The predicted molar refractivity (Wildman–Crippen MR) is 121 cm³/mol. The third kappa shape index (κ3) is 2.36. The fourth-order valence-corrected chi connectivity index (χ4v) is 8.90. The number of allylic oxidation sites excluding steroid dienone is 1. The van der Waals surface area contributed by atoms with E-state index in [1.807, 2.05) is 25.6 Å². The van der Waals surface area contributed by atoms with E-state index in [2.05, 4.69) is 11.2 Å². The number of carbonyl (C=O) groups excluding carboxylic acids is 1. The Balaban J connectivity index is 1.46. The number of nitrogens with zero attached hydrogens (tertiary/aromatic N) is 2. The van der Waals surface area contributed by atoms with Crippen LogP contribution < -0.4 is 0 Å². The van der Waals surface area contributed by atoms with Crippen LogP contribution in [0.1, 0.15) is 64.6 Å². The van der Waals surface area contributed by atoms with Crippen molar-refractivity contribution < 1.29 is 28.9 Å². The Bertz CT molecular complexity index is 1110. The molecule has 8 atom stereocenters. The Hall–Kier alpha value is -1.61. The van der Waals surface area contributed by atoms with Gasteiger partial charge >= 0.3 is 0 Å². The minimum Gasteiger partial charge on any atom is -0.390 e. The summed E-state index contributed by atoms with van der Waals surface area (Å²) in [5, 5.41) is 26.0. The van der Waals surface area contributed by atoms with Crippen molar-refractivity contribution in [1.29, 1.82) is 0 Å². The van der Waals surface area contributed by atoms with E-state index in [1.54, 1.807) is 20.0 Å². The van der Waals surface area contributed by atoms with Gasteiger partial charge in [0.05, 0.1) is 24.1 Å². The van der Waals surface area contributed by atoms with Crippen LogP contribution in [0.4, 0.5) is 4.39 Å². The number of aryl methyl sites for hydroxylation is 1. The van der Waals surface area contributed by atoms with Gasteiger partial charge in [0.25, 0.3) is 0 Å². The molecule has 1 saturated heterocycles. The van der Waals surface area contributed by atoms with Crippen molar-refractivity contribution in [2.45, 2.75) is 89.1 Å². The van der Waals surface area contributed by atoms with Crippen molar-refractivity contribution in [3.05, 3.63) is 23.0 Å². The van der Waals surface area contributed by atoms with Crippen LogP contribution in [-0.4, -0.2) is 61.6 Å². The van der Waals surface area contributed by atoms with Gasteiger partial charge in [-0.1, -0.05) is 19.4 Å². The number of Topliss-reactive ketones (excluding diaryl/α,β-unsaturated/α-hetero) is 1. The molecule has 0 radical (unpaired) electrons.